The van der Waals surface area contributed by atoms with Gasteiger partial charge in [-0.15, -0.1) is 20.4 Å². The summed E-state index contributed by atoms with van der Waals surface area (Å²) in [5, 5.41) is 29.9. The van der Waals surface area contributed by atoms with Gasteiger partial charge >= 0.3 is 12.1 Å². The van der Waals surface area contributed by atoms with Crippen LogP contribution < -0.4 is 14.4 Å². The fourth-order valence-electron chi connectivity index (χ4n) is 4.22. The molecule has 14 heteroatoms. The third-order valence-electron chi connectivity index (χ3n) is 5.82. The minimum atomic E-state index is -3.25. The molecule has 0 bridgehead atoms. The number of carboxylic acid groups (broad SMARTS) is 1. The van der Waals surface area contributed by atoms with Crippen LogP contribution in [0.15, 0.2) is 18.2 Å². The van der Waals surface area contributed by atoms with E-state index in [-0.39, 0.29) is 23.7 Å². The largest absolute Gasteiger partial charge is 0.487 e. The van der Waals surface area contributed by atoms with Crippen LogP contribution in [0, 0.1) is 0 Å². The Morgan fingerprint density at radius 3 is 2.79 bits per heavy atom. The predicted molar refractivity (Wildman–Crippen MR) is 115 cm³/mol. The summed E-state index contributed by atoms with van der Waals surface area (Å²) in [6, 6.07) is 5.00. The number of hydrogen-bond donors (Lipinski definition) is 1. The number of aliphatic carboxylic acids is 1. The van der Waals surface area contributed by atoms with Gasteiger partial charge < -0.3 is 19.5 Å². The van der Waals surface area contributed by atoms with E-state index in [0.29, 0.717) is 47.4 Å². The second-order valence-corrected chi connectivity index (χ2v) is 9.30. The molecule has 1 saturated heterocycles. The third kappa shape index (κ3) is 4.62. The van der Waals surface area contributed by atoms with Crippen molar-refractivity contribution in [2.24, 2.45) is 0 Å². The molecule has 1 N–H and O–H groups in total. The summed E-state index contributed by atoms with van der Waals surface area (Å²) in [5.74, 6) is -0.0899. The number of nitrogens with zero attached hydrogens (tertiary/aromatic N) is 7. The Morgan fingerprint density at radius 1 is 1.26 bits per heavy atom. The van der Waals surface area contributed by atoms with Crippen LogP contribution in [-0.4, -0.2) is 66.3 Å². The zero-order chi connectivity index (χ0) is 23.9. The average molecular weight is 493 g/mol. The van der Waals surface area contributed by atoms with Gasteiger partial charge in [-0.3, -0.25) is 4.79 Å². The Balaban J connectivity index is 1.24. The van der Waals surface area contributed by atoms with Gasteiger partial charge in [0, 0.05) is 38.4 Å². The van der Waals surface area contributed by atoms with E-state index in [1.165, 1.54) is 11.3 Å². The Labute approximate surface area is 196 Å². The predicted octanol–water partition coefficient (Wildman–Crippen LogP) is 2.63. The highest BCUT2D eigenvalue weighted by molar-refractivity contribution is 7.18. The minimum Gasteiger partial charge on any atom is -0.487 e. The van der Waals surface area contributed by atoms with Crippen molar-refractivity contribution in [1.29, 1.82) is 0 Å². The Bertz CT molecular complexity index is 1200. The van der Waals surface area contributed by atoms with E-state index in [9.17, 15) is 13.6 Å². The van der Waals surface area contributed by atoms with E-state index >= 15 is 0 Å². The van der Waals surface area contributed by atoms with Crippen molar-refractivity contribution < 1.29 is 28.2 Å². The lowest BCUT2D eigenvalue weighted by molar-refractivity contribution is -0.159. The van der Waals surface area contributed by atoms with E-state index in [4.69, 9.17) is 14.6 Å². The smallest absolute Gasteiger partial charge is 0.394 e. The van der Waals surface area contributed by atoms with Crippen molar-refractivity contribution in [3.8, 4) is 22.3 Å². The van der Waals surface area contributed by atoms with Crippen LogP contribution in [0.2, 0.25) is 0 Å². The van der Waals surface area contributed by atoms with E-state index in [2.05, 4.69) is 30.5 Å². The highest BCUT2D eigenvalue weighted by Gasteiger charge is 2.41. The minimum absolute atomic E-state index is 0.160. The molecular weight excluding hydrogens is 472 g/mol. The monoisotopic (exact) mass is 493 g/mol. The maximum absolute atomic E-state index is 13.4. The number of anilines is 1. The summed E-state index contributed by atoms with van der Waals surface area (Å²) in [6.07, 6.45) is -0.466. The molecule has 1 fully saturated rings. The van der Waals surface area contributed by atoms with E-state index in [1.807, 2.05) is 0 Å². The number of carbonyl (C=O) groups is 1. The topological polar surface area (TPSA) is 128 Å². The Kier molecular flexibility index (Phi) is 5.54. The summed E-state index contributed by atoms with van der Waals surface area (Å²) < 4.78 is 37.9. The first-order valence-electron chi connectivity index (χ1n) is 10.7. The van der Waals surface area contributed by atoms with Gasteiger partial charge in [-0.05, 0) is 30.2 Å². The summed E-state index contributed by atoms with van der Waals surface area (Å²) in [7, 11) is 0. The number of ether oxygens (including phenoxy) is 2. The molecule has 0 aliphatic carbocycles. The number of hydrogen-bond acceptors (Lipinski definition) is 10. The molecule has 0 unspecified atom stereocenters. The molecule has 34 heavy (non-hydrogen) atoms. The van der Waals surface area contributed by atoms with E-state index < -0.39 is 12.1 Å². The molecule has 180 valence electrons. The maximum Gasteiger partial charge on any atom is 0.394 e. The number of tetrazole rings is 1. The molecule has 3 aromatic rings. The van der Waals surface area contributed by atoms with Gasteiger partial charge in [0.25, 0.3) is 0 Å². The van der Waals surface area contributed by atoms with Crippen molar-refractivity contribution in [3.63, 3.8) is 0 Å². The number of benzene rings is 1. The lowest BCUT2D eigenvalue weighted by Crippen LogP contribution is -2.49. The molecule has 5 rings (SSSR count). The Morgan fingerprint density at radius 2 is 2.06 bits per heavy atom. The van der Waals surface area contributed by atoms with Crippen LogP contribution in [-0.2, 0) is 17.8 Å². The first kappa shape index (κ1) is 22.4. The summed E-state index contributed by atoms with van der Waals surface area (Å²) in [5.41, 5.74) is 0.306. The molecule has 0 atom stereocenters. The normalized spacial score (nSPS) is 17.3. The number of fused-ring (bicyclic) bond motifs is 1. The average Bonchev–Trinajstić information content (AvgIpc) is 3.43. The van der Waals surface area contributed by atoms with Gasteiger partial charge in [0.2, 0.25) is 11.0 Å². The molecule has 0 saturated carbocycles. The molecule has 1 aromatic carbocycles. The molecule has 0 amide bonds. The van der Waals surface area contributed by atoms with Crippen LogP contribution in [0.5, 0.6) is 11.5 Å². The molecule has 1 spiro atoms. The van der Waals surface area contributed by atoms with Crippen molar-refractivity contribution in [1.82, 2.24) is 30.4 Å². The summed E-state index contributed by atoms with van der Waals surface area (Å²) in [6.45, 7) is 1.71. The third-order valence-corrected chi connectivity index (χ3v) is 6.80. The number of rotatable bonds is 6. The van der Waals surface area contributed by atoms with Crippen LogP contribution in [0.1, 0.15) is 31.7 Å². The lowest BCUT2D eigenvalue weighted by Gasteiger charge is -2.44. The molecule has 2 aliphatic rings. The van der Waals surface area contributed by atoms with Crippen molar-refractivity contribution in [3.05, 3.63) is 23.8 Å². The number of aromatic nitrogens is 6. The molecular formula is C20H21F2N7O4S. The highest BCUT2D eigenvalue weighted by Crippen LogP contribution is 2.44. The second-order valence-electron chi connectivity index (χ2n) is 8.34. The number of carboxylic acids is 1. The van der Waals surface area contributed by atoms with Crippen LogP contribution >= 0.6 is 11.3 Å². The first-order valence-corrected chi connectivity index (χ1v) is 11.5. The number of piperidine rings is 1. The molecule has 11 nitrogen and oxygen atoms in total. The first-order chi connectivity index (χ1) is 16.2. The van der Waals surface area contributed by atoms with Crippen LogP contribution in [0.25, 0.3) is 10.8 Å². The van der Waals surface area contributed by atoms with Gasteiger partial charge in [0.1, 0.15) is 17.1 Å². The fourth-order valence-corrected chi connectivity index (χ4v) is 5.04. The van der Waals surface area contributed by atoms with Crippen LogP contribution in [0.4, 0.5) is 13.9 Å². The molecule has 4 heterocycles. The summed E-state index contributed by atoms with van der Waals surface area (Å²) >= 11 is 1.31. The zero-order valence-corrected chi connectivity index (χ0v) is 19.0. The number of alkyl halides is 2. The SMILES string of the molecule is CC(F)(F)Oc1cccc2c1CCC1(CCN(c3nnc(-c4nnn(CC(=O)O)n4)s3)CC1)O2. The maximum atomic E-state index is 13.4. The van der Waals surface area contributed by atoms with Gasteiger partial charge in [-0.1, -0.05) is 17.4 Å². The van der Waals surface area contributed by atoms with Gasteiger partial charge in [0.15, 0.2) is 11.6 Å². The van der Waals surface area contributed by atoms with Gasteiger partial charge in [0.05, 0.1) is 0 Å². The van der Waals surface area contributed by atoms with Gasteiger partial charge in [-0.25, -0.2) is 0 Å². The second kappa shape index (κ2) is 8.42. The van der Waals surface area contributed by atoms with Crippen LogP contribution in [0.3, 0.4) is 0 Å². The highest BCUT2D eigenvalue weighted by atomic mass is 32.1. The molecule has 2 aromatic heterocycles. The van der Waals surface area contributed by atoms with Crippen molar-refractivity contribution in [2.75, 3.05) is 18.0 Å². The Hall–Kier alpha value is -3.42. The number of halogens is 2. The standard InChI is InChI=1S/C20H21F2N7O4S/c1-19(21,22)32-13-3-2-4-14-12(13)5-6-20(33-14)7-9-28(10-8-20)18-25-24-17(34-18)16-23-27-29(26-16)11-15(30)31/h2-4H,5-11H2,1H3,(H,30,31). The fraction of sp³-hybridized carbons (Fsp3) is 0.500. The van der Waals surface area contributed by atoms with Crippen molar-refractivity contribution in [2.45, 2.75) is 50.9 Å². The van der Waals surface area contributed by atoms with Gasteiger partial charge in [-0.2, -0.15) is 13.6 Å². The van der Waals surface area contributed by atoms with Crippen molar-refractivity contribution >= 4 is 22.4 Å². The quantitative estimate of drug-likeness (QED) is 0.547. The lowest BCUT2D eigenvalue weighted by atomic mass is 9.83. The van der Waals surface area contributed by atoms with E-state index in [1.54, 1.807) is 18.2 Å². The van der Waals surface area contributed by atoms with E-state index in [0.717, 1.165) is 24.6 Å². The molecule has 2 aliphatic heterocycles. The zero-order valence-electron chi connectivity index (χ0n) is 18.1. The summed E-state index contributed by atoms with van der Waals surface area (Å²) in [4.78, 5) is 13.9. The molecule has 0 radical (unpaired) electrons.